The van der Waals surface area contributed by atoms with E-state index in [2.05, 4.69) is 20.8 Å². The lowest BCUT2D eigenvalue weighted by molar-refractivity contribution is 0.0975. The molecule has 11 heavy (non-hydrogen) atoms. The molecule has 2 aliphatic rings. The highest BCUT2D eigenvalue weighted by atomic mass is 14.6. The molecule has 0 saturated heterocycles. The first-order valence-corrected chi connectivity index (χ1v) is 5.04. The largest absolute Gasteiger partial charge is 0.0596 e. The lowest BCUT2D eigenvalue weighted by atomic mass is 9.65. The average Bonchev–Trinajstić information content (AvgIpc) is 2.42. The van der Waals surface area contributed by atoms with Crippen LogP contribution < -0.4 is 0 Å². The Morgan fingerprint density at radius 1 is 1.09 bits per heavy atom. The quantitative estimate of drug-likeness (QED) is 0.497. The molecule has 2 fully saturated rings. The molecule has 0 unspecified atom stereocenters. The van der Waals surface area contributed by atoms with E-state index >= 15 is 0 Å². The van der Waals surface area contributed by atoms with Gasteiger partial charge in [0.05, 0.1) is 0 Å². The summed E-state index contributed by atoms with van der Waals surface area (Å²) in [7, 11) is 0. The average molecular weight is 152 g/mol. The highest BCUT2D eigenvalue weighted by Gasteiger charge is 2.51. The van der Waals surface area contributed by atoms with Gasteiger partial charge in [-0.3, -0.25) is 0 Å². The standard InChI is InChI=1S/C11H20/c1-10(2,3)11-6-4-9(8-11)5-7-11/h9H,4-8H2,1-3H3. The number of hydrogen-bond donors (Lipinski definition) is 0. The van der Waals surface area contributed by atoms with Gasteiger partial charge < -0.3 is 0 Å². The summed E-state index contributed by atoms with van der Waals surface area (Å²) < 4.78 is 0. The molecule has 0 spiro atoms. The van der Waals surface area contributed by atoms with Crippen LogP contribution in [-0.4, -0.2) is 0 Å². The summed E-state index contributed by atoms with van der Waals surface area (Å²) in [6.45, 7) is 7.29. The van der Waals surface area contributed by atoms with Gasteiger partial charge in [0.15, 0.2) is 0 Å². The van der Waals surface area contributed by atoms with E-state index in [1.165, 1.54) is 32.1 Å². The summed E-state index contributed by atoms with van der Waals surface area (Å²) in [5.41, 5.74) is 1.32. The van der Waals surface area contributed by atoms with Gasteiger partial charge in [-0.05, 0) is 48.9 Å². The van der Waals surface area contributed by atoms with Crippen molar-refractivity contribution in [1.29, 1.82) is 0 Å². The van der Waals surface area contributed by atoms with E-state index in [1.807, 2.05) is 0 Å². The summed E-state index contributed by atoms with van der Waals surface area (Å²) in [6, 6.07) is 0. The zero-order chi connectivity index (χ0) is 8.11. The molecule has 0 aromatic rings. The monoisotopic (exact) mass is 152 g/mol. The summed E-state index contributed by atoms with van der Waals surface area (Å²) in [6.07, 6.45) is 7.62. The molecule has 2 saturated carbocycles. The van der Waals surface area contributed by atoms with Crippen LogP contribution in [-0.2, 0) is 0 Å². The maximum Gasteiger partial charge on any atom is -0.0246 e. The molecule has 0 atom stereocenters. The minimum absolute atomic E-state index is 0.568. The minimum atomic E-state index is 0.568. The summed E-state index contributed by atoms with van der Waals surface area (Å²) >= 11 is 0. The van der Waals surface area contributed by atoms with Crippen molar-refractivity contribution in [1.82, 2.24) is 0 Å². The molecule has 2 bridgehead atoms. The Labute approximate surface area is 70.4 Å². The van der Waals surface area contributed by atoms with Crippen molar-refractivity contribution in [2.24, 2.45) is 16.7 Å². The molecule has 0 nitrogen and oxygen atoms in total. The Kier molecular flexibility index (Phi) is 1.41. The number of rotatable bonds is 0. The molecule has 0 radical (unpaired) electrons. The van der Waals surface area contributed by atoms with E-state index in [4.69, 9.17) is 0 Å². The van der Waals surface area contributed by atoms with Gasteiger partial charge in [-0.15, -0.1) is 0 Å². The molecule has 2 rings (SSSR count). The van der Waals surface area contributed by atoms with Crippen LogP contribution in [0.25, 0.3) is 0 Å². The fraction of sp³-hybridized carbons (Fsp3) is 1.00. The van der Waals surface area contributed by atoms with Crippen LogP contribution in [0.5, 0.6) is 0 Å². The molecule has 0 aliphatic heterocycles. The maximum absolute atomic E-state index is 2.43. The topological polar surface area (TPSA) is 0 Å². The highest BCUT2D eigenvalue weighted by Crippen LogP contribution is 2.62. The van der Waals surface area contributed by atoms with Crippen molar-refractivity contribution in [2.45, 2.75) is 52.9 Å². The fourth-order valence-corrected chi connectivity index (χ4v) is 3.25. The van der Waals surface area contributed by atoms with Gasteiger partial charge in [0, 0.05) is 0 Å². The van der Waals surface area contributed by atoms with Crippen LogP contribution in [0.15, 0.2) is 0 Å². The van der Waals surface area contributed by atoms with Crippen LogP contribution >= 0.6 is 0 Å². The lowest BCUT2D eigenvalue weighted by Gasteiger charge is -2.40. The third-order valence-electron chi connectivity index (χ3n) is 4.33. The second kappa shape index (κ2) is 2.02. The molecule has 0 heteroatoms. The third-order valence-corrected chi connectivity index (χ3v) is 4.33. The minimum Gasteiger partial charge on any atom is -0.0596 e. The second-order valence-electron chi connectivity index (χ2n) is 5.68. The highest BCUT2D eigenvalue weighted by molar-refractivity contribution is 5.01. The maximum atomic E-state index is 2.43. The zero-order valence-corrected chi connectivity index (χ0v) is 8.11. The van der Waals surface area contributed by atoms with E-state index in [1.54, 1.807) is 0 Å². The van der Waals surface area contributed by atoms with Gasteiger partial charge in [-0.2, -0.15) is 0 Å². The van der Waals surface area contributed by atoms with Crippen molar-refractivity contribution >= 4 is 0 Å². The van der Waals surface area contributed by atoms with Crippen LogP contribution in [0.2, 0.25) is 0 Å². The molecule has 0 N–H and O–H groups in total. The number of hydrogen-bond acceptors (Lipinski definition) is 0. The molecule has 0 aromatic heterocycles. The van der Waals surface area contributed by atoms with Crippen molar-refractivity contribution in [3.8, 4) is 0 Å². The Hall–Kier alpha value is 0. The van der Waals surface area contributed by atoms with E-state index in [-0.39, 0.29) is 0 Å². The predicted octanol–water partition coefficient (Wildman–Crippen LogP) is 3.61. The Bertz CT molecular complexity index is 153. The predicted molar refractivity (Wildman–Crippen MR) is 48.5 cm³/mol. The smallest absolute Gasteiger partial charge is 0.0246 e. The molecular formula is C11H20. The Balaban J connectivity index is 2.23. The lowest BCUT2D eigenvalue weighted by Crippen LogP contribution is -2.31. The van der Waals surface area contributed by atoms with E-state index in [0.29, 0.717) is 5.41 Å². The van der Waals surface area contributed by atoms with Gasteiger partial charge >= 0.3 is 0 Å². The van der Waals surface area contributed by atoms with Crippen LogP contribution in [0, 0.1) is 16.7 Å². The van der Waals surface area contributed by atoms with Gasteiger partial charge in [-0.1, -0.05) is 20.8 Å². The molecule has 0 aromatic carbocycles. The van der Waals surface area contributed by atoms with Crippen LogP contribution in [0.4, 0.5) is 0 Å². The summed E-state index contributed by atoms with van der Waals surface area (Å²) in [4.78, 5) is 0. The first-order valence-electron chi connectivity index (χ1n) is 5.04. The molecule has 0 heterocycles. The van der Waals surface area contributed by atoms with Crippen LogP contribution in [0.1, 0.15) is 52.9 Å². The summed E-state index contributed by atoms with van der Waals surface area (Å²) in [5.74, 6) is 1.11. The third kappa shape index (κ3) is 0.947. The normalized spacial score (nSPS) is 43.4. The Morgan fingerprint density at radius 2 is 1.64 bits per heavy atom. The van der Waals surface area contributed by atoms with Crippen molar-refractivity contribution in [2.75, 3.05) is 0 Å². The number of fused-ring (bicyclic) bond motifs is 2. The van der Waals surface area contributed by atoms with E-state index < -0.39 is 0 Å². The Morgan fingerprint density at radius 3 is 1.82 bits per heavy atom. The van der Waals surface area contributed by atoms with Gasteiger partial charge in [0.2, 0.25) is 0 Å². The molecule has 0 amide bonds. The van der Waals surface area contributed by atoms with Gasteiger partial charge in [0.25, 0.3) is 0 Å². The first kappa shape index (κ1) is 7.64. The van der Waals surface area contributed by atoms with Gasteiger partial charge in [-0.25, -0.2) is 0 Å². The zero-order valence-electron chi connectivity index (χ0n) is 8.11. The first-order chi connectivity index (χ1) is 5.04. The van der Waals surface area contributed by atoms with E-state index in [9.17, 15) is 0 Å². The molecule has 64 valence electrons. The summed E-state index contributed by atoms with van der Waals surface area (Å²) in [5, 5.41) is 0. The van der Waals surface area contributed by atoms with Crippen molar-refractivity contribution < 1.29 is 0 Å². The van der Waals surface area contributed by atoms with Crippen LogP contribution in [0.3, 0.4) is 0 Å². The van der Waals surface area contributed by atoms with Crippen molar-refractivity contribution in [3.63, 3.8) is 0 Å². The van der Waals surface area contributed by atoms with Gasteiger partial charge in [0.1, 0.15) is 0 Å². The van der Waals surface area contributed by atoms with E-state index in [0.717, 1.165) is 11.3 Å². The SMILES string of the molecule is CC(C)(C)C12CCC(CC1)C2. The molecular weight excluding hydrogens is 132 g/mol. The van der Waals surface area contributed by atoms with Crippen molar-refractivity contribution in [3.05, 3.63) is 0 Å². The second-order valence-corrected chi connectivity index (χ2v) is 5.68. The molecule has 2 aliphatic carbocycles. The fourth-order valence-electron chi connectivity index (χ4n) is 3.25.